The molecule has 0 saturated heterocycles. The maximum Gasteiger partial charge on any atom is 0.326 e. The summed E-state index contributed by atoms with van der Waals surface area (Å²) in [5.41, 5.74) is 23.2. The Bertz CT molecular complexity index is 969. The van der Waals surface area contributed by atoms with Crippen molar-refractivity contribution < 1.29 is 24.3 Å². The van der Waals surface area contributed by atoms with Crippen LogP contribution >= 0.6 is 0 Å². The van der Waals surface area contributed by atoms with Gasteiger partial charge in [-0.25, -0.2) is 4.79 Å². The first-order valence-electron chi connectivity index (χ1n) is 13.6. The zero-order chi connectivity index (χ0) is 30.1. The zero-order valence-electron chi connectivity index (χ0n) is 23.5. The maximum absolute atomic E-state index is 13.3. The van der Waals surface area contributed by atoms with Gasteiger partial charge in [0.2, 0.25) is 17.7 Å². The number of carbonyl (C=O) groups is 4. The van der Waals surface area contributed by atoms with Crippen molar-refractivity contribution in [1.29, 1.82) is 0 Å². The van der Waals surface area contributed by atoms with E-state index in [0.29, 0.717) is 38.6 Å². The van der Waals surface area contributed by atoms with Crippen LogP contribution in [0.3, 0.4) is 0 Å². The molecule has 0 aliphatic carbocycles. The van der Waals surface area contributed by atoms with Gasteiger partial charge in [0.1, 0.15) is 18.1 Å². The lowest BCUT2D eigenvalue weighted by Gasteiger charge is -2.26. The molecule has 224 valence electrons. The Labute approximate surface area is 235 Å². The van der Waals surface area contributed by atoms with E-state index in [9.17, 15) is 24.3 Å². The number of carbonyl (C=O) groups excluding carboxylic acids is 3. The summed E-state index contributed by atoms with van der Waals surface area (Å²) in [4.78, 5) is 54.9. The normalized spacial score (nSPS) is 13.9. The van der Waals surface area contributed by atoms with Gasteiger partial charge >= 0.3 is 5.97 Å². The van der Waals surface area contributed by atoms with Gasteiger partial charge in [-0.2, -0.15) is 0 Å². The smallest absolute Gasteiger partial charge is 0.326 e. The van der Waals surface area contributed by atoms with Gasteiger partial charge in [0.05, 0.1) is 6.04 Å². The van der Waals surface area contributed by atoms with Crippen LogP contribution in [0.4, 0.5) is 0 Å². The largest absolute Gasteiger partial charge is 0.480 e. The summed E-state index contributed by atoms with van der Waals surface area (Å²) in [6.45, 7) is 4.41. The van der Waals surface area contributed by atoms with Gasteiger partial charge in [0.25, 0.3) is 0 Å². The monoisotopic (exact) mass is 562 g/mol. The second-order valence-electron chi connectivity index (χ2n) is 10.2. The van der Waals surface area contributed by atoms with E-state index in [1.807, 2.05) is 44.2 Å². The highest BCUT2D eigenvalue weighted by molar-refractivity contribution is 5.94. The molecule has 4 atom stereocenters. The number of amides is 3. The fraction of sp³-hybridized carbons (Fsp3) is 0.593. The highest BCUT2D eigenvalue weighted by Gasteiger charge is 2.30. The van der Waals surface area contributed by atoms with Crippen LogP contribution in [0.1, 0.15) is 57.9 Å². The highest BCUT2D eigenvalue weighted by Crippen LogP contribution is 2.09. The van der Waals surface area contributed by atoms with Gasteiger partial charge < -0.3 is 44.0 Å². The molecule has 0 spiro atoms. The molecule has 0 aromatic heterocycles. The van der Waals surface area contributed by atoms with Gasteiger partial charge in [0.15, 0.2) is 5.96 Å². The van der Waals surface area contributed by atoms with Crippen LogP contribution in [0.25, 0.3) is 0 Å². The maximum atomic E-state index is 13.3. The number of hydrogen-bond donors (Lipinski definition) is 8. The summed E-state index contributed by atoms with van der Waals surface area (Å²) in [5, 5.41) is 17.5. The van der Waals surface area contributed by atoms with E-state index in [-0.39, 0.29) is 31.3 Å². The first-order chi connectivity index (χ1) is 18.9. The average Bonchev–Trinajstić information content (AvgIpc) is 2.89. The molecule has 0 saturated carbocycles. The SMILES string of the molecule is CC(C)CC(NC(=O)C(N)Cc1ccccc1)C(=O)NC(CCCN=C(N)N)C(=O)NC(CCCCN)C(=O)O. The number of guanidine groups is 1. The number of unbranched alkanes of at least 4 members (excludes halogenated alkanes) is 1. The molecule has 4 unspecified atom stereocenters. The number of hydrogen-bond acceptors (Lipinski definition) is 7. The molecular formula is C27H46N8O5. The Kier molecular flexibility index (Phi) is 15.9. The number of nitrogens with zero attached hydrogens (tertiary/aromatic N) is 1. The summed E-state index contributed by atoms with van der Waals surface area (Å²) in [7, 11) is 0. The molecule has 0 aliphatic heterocycles. The minimum atomic E-state index is -1.19. The fourth-order valence-electron chi connectivity index (χ4n) is 4.01. The molecule has 0 fully saturated rings. The van der Waals surface area contributed by atoms with Gasteiger partial charge in [-0.15, -0.1) is 0 Å². The molecule has 13 heteroatoms. The lowest BCUT2D eigenvalue weighted by atomic mass is 10.0. The van der Waals surface area contributed by atoms with Crippen LogP contribution in [0.2, 0.25) is 0 Å². The summed E-state index contributed by atoms with van der Waals surface area (Å²) in [6, 6.07) is 5.22. The predicted octanol–water partition coefficient (Wildman–Crippen LogP) is -0.676. The topological polar surface area (TPSA) is 241 Å². The predicted molar refractivity (Wildman–Crippen MR) is 154 cm³/mol. The van der Waals surface area contributed by atoms with Crippen molar-refractivity contribution in [2.24, 2.45) is 33.8 Å². The van der Waals surface area contributed by atoms with E-state index in [1.54, 1.807) is 0 Å². The van der Waals surface area contributed by atoms with E-state index in [4.69, 9.17) is 22.9 Å². The van der Waals surface area contributed by atoms with Crippen LogP contribution in [0.15, 0.2) is 35.3 Å². The molecule has 0 radical (unpaired) electrons. The van der Waals surface area contributed by atoms with Crippen molar-refractivity contribution in [2.45, 2.75) is 83.0 Å². The molecular weight excluding hydrogens is 516 g/mol. The third kappa shape index (κ3) is 13.9. The van der Waals surface area contributed by atoms with Crippen LogP contribution in [-0.2, 0) is 25.6 Å². The van der Waals surface area contributed by atoms with Gasteiger partial charge in [-0.05, 0) is 63.0 Å². The number of aliphatic carboxylic acids is 1. The lowest BCUT2D eigenvalue weighted by Crippen LogP contribution is -2.57. The lowest BCUT2D eigenvalue weighted by molar-refractivity contribution is -0.142. The van der Waals surface area contributed by atoms with Crippen molar-refractivity contribution in [3.05, 3.63) is 35.9 Å². The molecule has 1 aromatic carbocycles. The molecule has 40 heavy (non-hydrogen) atoms. The minimum Gasteiger partial charge on any atom is -0.480 e. The van der Waals surface area contributed by atoms with E-state index < -0.39 is 47.9 Å². The Balaban J connectivity index is 3.00. The second-order valence-corrected chi connectivity index (χ2v) is 10.2. The number of carboxylic acid groups (broad SMARTS) is 1. The molecule has 0 aliphatic rings. The van der Waals surface area contributed by atoms with E-state index in [1.165, 1.54) is 0 Å². The van der Waals surface area contributed by atoms with Crippen LogP contribution < -0.4 is 38.9 Å². The molecule has 0 heterocycles. The Morgan fingerprint density at radius 2 is 1.43 bits per heavy atom. The fourth-order valence-corrected chi connectivity index (χ4v) is 4.01. The number of aliphatic imine (C=N–C) groups is 1. The van der Waals surface area contributed by atoms with Crippen LogP contribution in [0.5, 0.6) is 0 Å². The summed E-state index contributed by atoms with van der Waals surface area (Å²) < 4.78 is 0. The molecule has 13 nitrogen and oxygen atoms in total. The first-order valence-corrected chi connectivity index (χ1v) is 13.6. The number of benzene rings is 1. The minimum absolute atomic E-state index is 0.0366. The van der Waals surface area contributed by atoms with Gasteiger partial charge in [0, 0.05) is 6.54 Å². The number of nitrogens with two attached hydrogens (primary N) is 4. The van der Waals surface area contributed by atoms with E-state index >= 15 is 0 Å². The quantitative estimate of drug-likeness (QED) is 0.0604. The van der Waals surface area contributed by atoms with Crippen molar-refractivity contribution in [1.82, 2.24) is 16.0 Å². The molecule has 0 bridgehead atoms. The summed E-state index contributed by atoms with van der Waals surface area (Å²) in [5.74, 6) is -2.99. The number of carboxylic acids is 1. The zero-order valence-corrected chi connectivity index (χ0v) is 23.5. The van der Waals surface area contributed by atoms with Crippen molar-refractivity contribution >= 4 is 29.7 Å². The Morgan fingerprint density at radius 3 is 2.00 bits per heavy atom. The summed E-state index contributed by atoms with van der Waals surface area (Å²) >= 11 is 0. The molecule has 12 N–H and O–H groups in total. The Hall–Kier alpha value is -3.71. The number of rotatable bonds is 19. The number of nitrogens with one attached hydrogen (secondary N) is 3. The standard InChI is InChI=1S/C27H46N8O5/c1-17(2)15-22(35-23(36)19(29)16-18-9-4-3-5-10-18)25(38)33-20(12-8-14-32-27(30)31)24(37)34-21(26(39)40)11-6-7-13-28/h3-5,9-10,17,19-22H,6-8,11-16,28-29H2,1-2H3,(H,33,38)(H,34,37)(H,35,36)(H,39,40)(H4,30,31,32). The van der Waals surface area contributed by atoms with Crippen LogP contribution in [-0.4, -0.2) is 72.0 Å². The van der Waals surface area contributed by atoms with Crippen molar-refractivity contribution in [2.75, 3.05) is 13.1 Å². The van der Waals surface area contributed by atoms with Gasteiger partial charge in [-0.1, -0.05) is 44.2 Å². The van der Waals surface area contributed by atoms with Crippen molar-refractivity contribution in [3.8, 4) is 0 Å². The first kappa shape index (κ1) is 34.3. The van der Waals surface area contributed by atoms with E-state index in [0.717, 1.165) is 5.56 Å². The average molecular weight is 563 g/mol. The molecule has 3 amide bonds. The van der Waals surface area contributed by atoms with Crippen molar-refractivity contribution in [3.63, 3.8) is 0 Å². The molecule has 1 rings (SSSR count). The van der Waals surface area contributed by atoms with E-state index in [2.05, 4.69) is 20.9 Å². The second kappa shape index (κ2) is 18.6. The molecule has 1 aromatic rings. The highest BCUT2D eigenvalue weighted by atomic mass is 16.4. The Morgan fingerprint density at radius 1 is 0.850 bits per heavy atom. The summed E-state index contributed by atoms with van der Waals surface area (Å²) in [6.07, 6.45) is 2.39. The van der Waals surface area contributed by atoms with Gasteiger partial charge in [-0.3, -0.25) is 19.4 Å². The van der Waals surface area contributed by atoms with Crippen LogP contribution in [0, 0.1) is 5.92 Å². The third-order valence-corrected chi connectivity index (χ3v) is 6.12. The third-order valence-electron chi connectivity index (χ3n) is 6.12.